The number of carbonyl (C=O) groups excluding carboxylic acids is 1. The molecule has 0 aliphatic carbocycles. The van der Waals surface area contributed by atoms with Crippen molar-refractivity contribution in [3.63, 3.8) is 0 Å². The van der Waals surface area contributed by atoms with Crippen molar-refractivity contribution in [1.82, 2.24) is 4.90 Å². The molecule has 1 saturated heterocycles. The van der Waals surface area contributed by atoms with Gasteiger partial charge in [0.25, 0.3) is 0 Å². The predicted molar refractivity (Wildman–Crippen MR) is 77.3 cm³/mol. The fraction of sp³-hybridized carbons (Fsp3) is 0.357. The number of hydrogen-bond donors (Lipinski definition) is 1. The number of benzene rings is 1. The van der Waals surface area contributed by atoms with Crippen LogP contribution in [0.3, 0.4) is 0 Å². The lowest BCUT2D eigenvalue weighted by Gasteiger charge is -2.21. The van der Waals surface area contributed by atoms with Gasteiger partial charge in [-0.05, 0) is 31.1 Å². The molecular weight excluding hydrogens is 285 g/mol. The van der Waals surface area contributed by atoms with Crippen LogP contribution in [0.25, 0.3) is 6.08 Å². The largest absolute Gasteiger partial charge is 0.394 e. The topological polar surface area (TPSA) is 40.5 Å². The lowest BCUT2D eigenvalue weighted by molar-refractivity contribution is -0.127. The van der Waals surface area contributed by atoms with Crippen LogP contribution in [-0.4, -0.2) is 35.1 Å². The molecule has 1 aliphatic rings. The highest BCUT2D eigenvalue weighted by Crippen LogP contribution is 2.26. The molecule has 1 atom stereocenters. The Bertz CT molecular complexity index is 482. The molecule has 0 saturated carbocycles. The molecule has 19 heavy (non-hydrogen) atoms. The highest BCUT2D eigenvalue weighted by atomic mass is 35.5. The predicted octanol–water partition coefficient (Wildman–Crippen LogP) is 2.99. The molecule has 1 N–H and O–H groups in total. The van der Waals surface area contributed by atoms with Crippen LogP contribution in [0.1, 0.15) is 18.4 Å². The Morgan fingerprint density at radius 3 is 2.74 bits per heavy atom. The first-order chi connectivity index (χ1) is 9.13. The Kier molecular flexibility index (Phi) is 4.86. The van der Waals surface area contributed by atoms with E-state index in [1.807, 2.05) is 0 Å². The first-order valence-corrected chi connectivity index (χ1v) is 6.92. The second kappa shape index (κ2) is 6.42. The molecule has 5 heteroatoms. The number of halogens is 2. The van der Waals surface area contributed by atoms with Gasteiger partial charge in [-0.25, -0.2) is 0 Å². The van der Waals surface area contributed by atoms with Crippen LogP contribution < -0.4 is 0 Å². The van der Waals surface area contributed by atoms with Crippen molar-refractivity contribution in [3.05, 3.63) is 39.9 Å². The quantitative estimate of drug-likeness (QED) is 0.872. The third kappa shape index (κ3) is 3.30. The number of aliphatic hydroxyl groups is 1. The third-order valence-electron chi connectivity index (χ3n) is 3.26. The Balaban J connectivity index is 2.12. The maximum atomic E-state index is 12.1. The summed E-state index contributed by atoms with van der Waals surface area (Å²) < 4.78 is 0. The van der Waals surface area contributed by atoms with E-state index in [1.165, 1.54) is 6.08 Å². The lowest BCUT2D eigenvalue weighted by atomic mass is 10.2. The SMILES string of the molecule is O=C(/C=C/c1c(Cl)cccc1Cl)N1CCCC1CO. The smallest absolute Gasteiger partial charge is 0.246 e. The highest BCUT2D eigenvalue weighted by molar-refractivity contribution is 6.37. The summed E-state index contributed by atoms with van der Waals surface area (Å²) in [7, 11) is 0. The molecule has 3 nitrogen and oxygen atoms in total. The van der Waals surface area contributed by atoms with Crippen LogP contribution in [0.2, 0.25) is 10.0 Å². The number of hydrogen-bond acceptors (Lipinski definition) is 2. The van der Waals surface area contributed by atoms with Gasteiger partial charge in [0.2, 0.25) is 5.91 Å². The summed E-state index contributed by atoms with van der Waals surface area (Å²) in [5, 5.41) is 10.2. The Morgan fingerprint density at radius 1 is 1.42 bits per heavy atom. The van der Waals surface area contributed by atoms with E-state index in [9.17, 15) is 9.90 Å². The standard InChI is InChI=1S/C14H15Cl2NO2/c15-12-4-1-5-13(16)11(12)6-7-14(19)17-8-2-3-10(17)9-18/h1,4-7,10,18H,2-3,8-9H2/b7-6+. The zero-order valence-corrected chi connectivity index (χ0v) is 11.9. The van der Waals surface area contributed by atoms with E-state index in [0.29, 0.717) is 22.2 Å². The van der Waals surface area contributed by atoms with Crippen LogP contribution in [0.5, 0.6) is 0 Å². The van der Waals surface area contributed by atoms with Gasteiger partial charge in [-0.3, -0.25) is 4.79 Å². The number of rotatable bonds is 3. The van der Waals surface area contributed by atoms with E-state index in [-0.39, 0.29) is 18.6 Å². The summed E-state index contributed by atoms with van der Waals surface area (Å²) in [6.07, 6.45) is 4.86. The lowest BCUT2D eigenvalue weighted by Crippen LogP contribution is -2.36. The zero-order chi connectivity index (χ0) is 13.8. The van der Waals surface area contributed by atoms with Crippen molar-refractivity contribution in [3.8, 4) is 0 Å². The Hall–Kier alpha value is -1.03. The van der Waals surface area contributed by atoms with E-state index in [0.717, 1.165) is 12.8 Å². The number of likely N-dealkylation sites (tertiary alicyclic amines) is 1. The summed E-state index contributed by atoms with van der Waals surface area (Å²) in [5.41, 5.74) is 0.638. The second-order valence-corrected chi connectivity index (χ2v) is 5.29. The summed E-state index contributed by atoms with van der Waals surface area (Å²) >= 11 is 12.1. The van der Waals surface area contributed by atoms with Gasteiger partial charge in [-0.15, -0.1) is 0 Å². The molecule has 1 fully saturated rings. The first kappa shape index (κ1) is 14.4. The average molecular weight is 300 g/mol. The summed E-state index contributed by atoms with van der Waals surface area (Å²) in [6.45, 7) is 0.692. The van der Waals surface area contributed by atoms with E-state index in [4.69, 9.17) is 23.2 Å². The summed E-state index contributed by atoms with van der Waals surface area (Å²) in [6, 6.07) is 5.14. The van der Waals surface area contributed by atoms with Crippen molar-refractivity contribution in [2.24, 2.45) is 0 Å². The average Bonchev–Trinajstić information content (AvgIpc) is 2.86. The Labute approximate surface area is 122 Å². The summed E-state index contributed by atoms with van der Waals surface area (Å²) in [4.78, 5) is 13.7. The number of amides is 1. The highest BCUT2D eigenvalue weighted by Gasteiger charge is 2.26. The van der Waals surface area contributed by atoms with Crippen LogP contribution in [0, 0.1) is 0 Å². The first-order valence-electron chi connectivity index (χ1n) is 6.17. The molecule has 1 aromatic rings. The molecule has 1 heterocycles. The van der Waals surface area contributed by atoms with E-state index in [2.05, 4.69) is 0 Å². The monoisotopic (exact) mass is 299 g/mol. The molecule has 1 aliphatic heterocycles. The maximum Gasteiger partial charge on any atom is 0.246 e. The minimum absolute atomic E-state index is 0.00638. The molecule has 0 spiro atoms. The van der Waals surface area contributed by atoms with Crippen molar-refractivity contribution >= 4 is 35.2 Å². The van der Waals surface area contributed by atoms with Crippen LogP contribution in [0.15, 0.2) is 24.3 Å². The van der Waals surface area contributed by atoms with Crippen molar-refractivity contribution in [2.45, 2.75) is 18.9 Å². The normalized spacial score (nSPS) is 19.3. The van der Waals surface area contributed by atoms with Gasteiger partial charge in [0.05, 0.1) is 12.6 Å². The fourth-order valence-electron chi connectivity index (χ4n) is 2.24. The second-order valence-electron chi connectivity index (χ2n) is 4.48. The van der Waals surface area contributed by atoms with Crippen LogP contribution in [-0.2, 0) is 4.79 Å². The molecule has 0 aromatic heterocycles. The van der Waals surface area contributed by atoms with Gasteiger partial charge in [-0.1, -0.05) is 29.3 Å². The molecule has 1 unspecified atom stereocenters. The zero-order valence-electron chi connectivity index (χ0n) is 10.4. The van der Waals surface area contributed by atoms with E-state index < -0.39 is 0 Å². The fourth-order valence-corrected chi connectivity index (χ4v) is 2.76. The van der Waals surface area contributed by atoms with E-state index in [1.54, 1.807) is 29.2 Å². The van der Waals surface area contributed by atoms with Crippen molar-refractivity contribution in [1.29, 1.82) is 0 Å². The van der Waals surface area contributed by atoms with Crippen molar-refractivity contribution < 1.29 is 9.90 Å². The molecule has 102 valence electrons. The molecular formula is C14H15Cl2NO2. The summed E-state index contributed by atoms with van der Waals surface area (Å²) in [5.74, 6) is -0.118. The number of nitrogens with zero attached hydrogens (tertiary/aromatic N) is 1. The Morgan fingerprint density at radius 2 is 2.11 bits per heavy atom. The van der Waals surface area contributed by atoms with E-state index >= 15 is 0 Å². The third-order valence-corrected chi connectivity index (χ3v) is 3.92. The van der Waals surface area contributed by atoms with Crippen LogP contribution >= 0.6 is 23.2 Å². The number of carbonyl (C=O) groups is 1. The molecule has 0 radical (unpaired) electrons. The van der Waals surface area contributed by atoms with Crippen LogP contribution in [0.4, 0.5) is 0 Å². The molecule has 0 bridgehead atoms. The maximum absolute atomic E-state index is 12.1. The number of aliphatic hydroxyl groups excluding tert-OH is 1. The minimum Gasteiger partial charge on any atom is -0.394 e. The van der Waals surface area contributed by atoms with Gasteiger partial charge < -0.3 is 10.0 Å². The van der Waals surface area contributed by atoms with Gasteiger partial charge in [0, 0.05) is 28.2 Å². The minimum atomic E-state index is -0.118. The molecule has 1 amide bonds. The molecule has 1 aromatic carbocycles. The van der Waals surface area contributed by atoms with Gasteiger partial charge in [0.1, 0.15) is 0 Å². The molecule has 2 rings (SSSR count). The van der Waals surface area contributed by atoms with Gasteiger partial charge >= 0.3 is 0 Å². The van der Waals surface area contributed by atoms with Crippen molar-refractivity contribution in [2.75, 3.05) is 13.2 Å². The van der Waals surface area contributed by atoms with Gasteiger partial charge in [0.15, 0.2) is 0 Å². The van der Waals surface area contributed by atoms with Gasteiger partial charge in [-0.2, -0.15) is 0 Å².